The van der Waals surface area contributed by atoms with Gasteiger partial charge >= 0.3 is 0 Å². The van der Waals surface area contributed by atoms with Crippen LogP contribution in [0.25, 0.3) is 0 Å². The van der Waals surface area contributed by atoms with Crippen LogP contribution in [0.3, 0.4) is 0 Å². The van der Waals surface area contributed by atoms with Crippen LogP contribution in [-0.2, 0) is 9.47 Å². The maximum atomic E-state index is 10.1. The zero-order chi connectivity index (χ0) is 13.7. The Morgan fingerprint density at radius 1 is 1.16 bits per heavy atom. The zero-order valence-corrected chi connectivity index (χ0v) is 12.4. The SMILES string of the molecule is CC1CN(CC(O)COC2CCCCC2)CC(C)O1. The van der Waals surface area contributed by atoms with Crippen molar-refractivity contribution < 1.29 is 14.6 Å². The van der Waals surface area contributed by atoms with Crippen LogP contribution in [0.2, 0.25) is 0 Å². The number of aliphatic hydroxyl groups excluding tert-OH is 1. The largest absolute Gasteiger partial charge is 0.389 e. The highest BCUT2D eigenvalue weighted by Gasteiger charge is 2.24. The molecule has 0 bridgehead atoms. The van der Waals surface area contributed by atoms with Crippen LogP contribution in [-0.4, -0.2) is 60.7 Å². The lowest BCUT2D eigenvalue weighted by Gasteiger charge is -2.36. The number of morpholine rings is 1. The van der Waals surface area contributed by atoms with Gasteiger partial charge in [0.15, 0.2) is 0 Å². The van der Waals surface area contributed by atoms with E-state index in [0.29, 0.717) is 19.3 Å². The predicted octanol–water partition coefficient (Wildman–Crippen LogP) is 1.81. The van der Waals surface area contributed by atoms with Crippen molar-refractivity contribution in [2.45, 2.75) is 70.4 Å². The Morgan fingerprint density at radius 2 is 1.79 bits per heavy atom. The fraction of sp³-hybridized carbons (Fsp3) is 1.00. The molecular formula is C15H29NO3. The Balaban J connectivity index is 1.64. The number of aliphatic hydroxyl groups is 1. The van der Waals surface area contributed by atoms with Crippen molar-refractivity contribution in [3.05, 3.63) is 0 Å². The standard InChI is InChI=1S/C15H29NO3/c1-12-8-16(9-13(2)19-12)10-14(17)11-18-15-6-4-3-5-7-15/h12-15,17H,3-11H2,1-2H3. The quantitative estimate of drug-likeness (QED) is 0.828. The van der Waals surface area contributed by atoms with E-state index < -0.39 is 0 Å². The van der Waals surface area contributed by atoms with Gasteiger partial charge < -0.3 is 14.6 Å². The van der Waals surface area contributed by atoms with Crippen LogP contribution in [0, 0.1) is 0 Å². The zero-order valence-electron chi connectivity index (χ0n) is 12.4. The smallest absolute Gasteiger partial charge is 0.0900 e. The molecule has 1 saturated carbocycles. The molecule has 112 valence electrons. The second kappa shape index (κ2) is 7.58. The molecule has 1 aliphatic heterocycles. The van der Waals surface area contributed by atoms with Gasteiger partial charge in [0.2, 0.25) is 0 Å². The fourth-order valence-corrected chi connectivity index (χ4v) is 3.26. The number of rotatable bonds is 5. The van der Waals surface area contributed by atoms with Crippen molar-refractivity contribution in [3.63, 3.8) is 0 Å². The third-order valence-corrected chi connectivity index (χ3v) is 4.04. The molecular weight excluding hydrogens is 242 g/mol. The number of hydrogen-bond donors (Lipinski definition) is 1. The van der Waals surface area contributed by atoms with Crippen molar-refractivity contribution in [1.82, 2.24) is 4.90 Å². The molecule has 4 heteroatoms. The molecule has 1 N–H and O–H groups in total. The highest BCUT2D eigenvalue weighted by atomic mass is 16.5. The molecule has 3 atom stereocenters. The van der Waals surface area contributed by atoms with Crippen LogP contribution in [0.1, 0.15) is 46.0 Å². The molecule has 0 spiro atoms. The van der Waals surface area contributed by atoms with E-state index in [1.165, 1.54) is 32.1 Å². The van der Waals surface area contributed by atoms with E-state index in [1.54, 1.807) is 0 Å². The van der Waals surface area contributed by atoms with E-state index >= 15 is 0 Å². The van der Waals surface area contributed by atoms with Gasteiger partial charge in [0.25, 0.3) is 0 Å². The summed E-state index contributed by atoms with van der Waals surface area (Å²) >= 11 is 0. The lowest BCUT2D eigenvalue weighted by atomic mass is 9.98. The van der Waals surface area contributed by atoms with Gasteiger partial charge in [-0.15, -0.1) is 0 Å². The molecule has 3 unspecified atom stereocenters. The van der Waals surface area contributed by atoms with Crippen LogP contribution in [0.15, 0.2) is 0 Å². The molecule has 19 heavy (non-hydrogen) atoms. The van der Waals surface area contributed by atoms with Crippen LogP contribution in [0.4, 0.5) is 0 Å². The first kappa shape index (κ1) is 15.2. The van der Waals surface area contributed by atoms with Crippen LogP contribution in [0.5, 0.6) is 0 Å². The summed E-state index contributed by atoms with van der Waals surface area (Å²) in [4.78, 5) is 2.29. The van der Waals surface area contributed by atoms with Crippen LogP contribution < -0.4 is 0 Å². The van der Waals surface area contributed by atoms with Crippen molar-refractivity contribution in [1.29, 1.82) is 0 Å². The molecule has 0 aromatic rings. The Bertz CT molecular complexity index is 246. The van der Waals surface area contributed by atoms with Crippen molar-refractivity contribution in [3.8, 4) is 0 Å². The molecule has 4 nitrogen and oxygen atoms in total. The third-order valence-electron chi connectivity index (χ3n) is 4.04. The molecule has 1 heterocycles. The number of hydrogen-bond acceptors (Lipinski definition) is 4. The summed E-state index contributed by atoms with van der Waals surface area (Å²) < 4.78 is 11.5. The first-order valence-electron chi connectivity index (χ1n) is 7.81. The Hall–Kier alpha value is -0.160. The Labute approximate surface area is 117 Å². The van der Waals surface area contributed by atoms with Crippen molar-refractivity contribution >= 4 is 0 Å². The van der Waals surface area contributed by atoms with Gasteiger partial charge in [0, 0.05) is 19.6 Å². The average Bonchev–Trinajstić information content (AvgIpc) is 2.36. The van der Waals surface area contributed by atoms with Crippen LogP contribution >= 0.6 is 0 Å². The number of β-amino-alcohol motifs (C(OH)–C–C–N with tert-alkyl or cyclic N) is 1. The van der Waals surface area contributed by atoms with E-state index in [2.05, 4.69) is 18.7 Å². The molecule has 1 aliphatic carbocycles. The van der Waals surface area contributed by atoms with Gasteiger partial charge in [-0.1, -0.05) is 19.3 Å². The fourth-order valence-electron chi connectivity index (χ4n) is 3.26. The molecule has 0 aromatic carbocycles. The second-order valence-corrected chi connectivity index (χ2v) is 6.22. The highest BCUT2D eigenvalue weighted by molar-refractivity contribution is 4.75. The molecule has 1 saturated heterocycles. The molecule has 0 amide bonds. The maximum absolute atomic E-state index is 10.1. The monoisotopic (exact) mass is 271 g/mol. The van der Waals surface area contributed by atoms with E-state index in [-0.39, 0.29) is 18.3 Å². The van der Waals surface area contributed by atoms with Gasteiger partial charge in [0.1, 0.15) is 0 Å². The van der Waals surface area contributed by atoms with E-state index in [0.717, 1.165) is 13.1 Å². The molecule has 2 aliphatic rings. The summed E-state index contributed by atoms with van der Waals surface area (Å²) in [5, 5.41) is 10.1. The van der Waals surface area contributed by atoms with Gasteiger partial charge in [0.05, 0.1) is 31.0 Å². The summed E-state index contributed by atoms with van der Waals surface area (Å²) in [6, 6.07) is 0. The number of nitrogens with zero attached hydrogens (tertiary/aromatic N) is 1. The van der Waals surface area contributed by atoms with E-state index in [4.69, 9.17) is 9.47 Å². The Kier molecular flexibility index (Phi) is 6.07. The Morgan fingerprint density at radius 3 is 2.42 bits per heavy atom. The normalized spacial score (nSPS) is 32.4. The highest BCUT2D eigenvalue weighted by Crippen LogP contribution is 2.20. The second-order valence-electron chi connectivity index (χ2n) is 6.22. The minimum absolute atomic E-state index is 0.259. The van der Waals surface area contributed by atoms with Gasteiger partial charge in [-0.3, -0.25) is 4.90 Å². The predicted molar refractivity (Wildman–Crippen MR) is 75.3 cm³/mol. The average molecular weight is 271 g/mol. The topological polar surface area (TPSA) is 41.9 Å². The van der Waals surface area contributed by atoms with Gasteiger partial charge in [-0.25, -0.2) is 0 Å². The van der Waals surface area contributed by atoms with Gasteiger partial charge in [-0.05, 0) is 26.7 Å². The summed E-state index contributed by atoms with van der Waals surface area (Å²) in [6.45, 7) is 7.17. The van der Waals surface area contributed by atoms with Gasteiger partial charge in [-0.2, -0.15) is 0 Å². The minimum Gasteiger partial charge on any atom is -0.389 e. The lowest BCUT2D eigenvalue weighted by Crippen LogP contribution is -2.48. The molecule has 0 radical (unpaired) electrons. The molecule has 2 fully saturated rings. The molecule has 0 aromatic heterocycles. The summed E-state index contributed by atoms with van der Waals surface area (Å²) in [6.07, 6.45) is 6.75. The molecule has 2 rings (SSSR count). The summed E-state index contributed by atoms with van der Waals surface area (Å²) in [5.74, 6) is 0. The number of ether oxygens (including phenoxy) is 2. The van der Waals surface area contributed by atoms with E-state index in [9.17, 15) is 5.11 Å². The van der Waals surface area contributed by atoms with E-state index in [1.807, 2.05) is 0 Å². The first-order chi connectivity index (χ1) is 9.13. The minimum atomic E-state index is -0.376. The third kappa shape index (κ3) is 5.38. The summed E-state index contributed by atoms with van der Waals surface area (Å²) in [5.41, 5.74) is 0. The summed E-state index contributed by atoms with van der Waals surface area (Å²) in [7, 11) is 0. The van der Waals surface area contributed by atoms with Crippen molar-refractivity contribution in [2.75, 3.05) is 26.2 Å². The first-order valence-corrected chi connectivity index (χ1v) is 7.81. The van der Waals surface area contributed by atoms with Crippen molar-refractivity contribution in [2.24, 2.45) is 0 Å². The maximum Gasteiger partial charge on any atom is 0.0900 e. The lowest BCUT2D eigenvalue weighted by molar-refractivity contribution is -0.0873.